The smallest absolute Gasteiger partial charge is 0.257 e. The zero-order valence-corrected chi connectivity index (χ0v) is 16.5. The van der Waals surface area contributed by atoms with Crippen LogP contribution < -0.4 is 5.73 Å². The largest absolute Gasteiger partial charge is 0.335 e. The third-order valence-corrected chi connectivity index (χ3v) is 5.59. The molecule has 6 heteroatoms. The lowest BCUT2D eigenvalue weighted by Crippen LogP contribution is -2.34. The minimum atomic E-state index is -0.00409. The Bertz CT molecular complexity index is 968. The van der Waals surface area contributed by atoms with Crippen molar-refractivity contribution in [3.8, 4) is 16.9 Å². The summed E-state index contributed by atoms with van der Waals surface area (Å²) in [6.45, 7) is 3.37. The maximum atomic E-state index is 13.4. The van der Waals surface area contributed by atoms with Gasteiger partial charge in [0, 0.05) is 29.4 Å². The Hall–Kier alpha value is -2.63. The highest BCUT2D eigenvalue weighted by molar-refractivity contribution is 6.30. The summed E-state index contributed by atoms with van der Waals surface area (Å²) in [5.41, 5.74) is 8.87. The Morgan fingerprint density at radius 1 is 1.18 bits per heavy atom. The van der Waals surface area contributed by atoms with Gasteiger partial charge >= 0.3 is 0 Å². The second-order valence-electron chi connectivity index (χ2n) is 7.32. The molecule has 1 amide bonds. The minimum absolute atomic E-state index is 0.00409. The number of rotatable bonds is 4. The first kappa shape index (κ1) is 18.7. The van der Waals surface area contributed by atoms with Crippen molar-refractivity contribution in [2.75, 3.05) is 13.1 Å². The van der Waals surface area contributed by atoms with Crippen molar-refractivity contribution in [3.63, 3.8) is 0 Å². The molecule has 1 aliphatic heterocycles. The fourth-order valence-electron chi connectivity index (χ4n) is 3.82. The van der Waals surface area contributed by atoms with Crippen LogP contribution in [0.2, 0.25) is 5.02 Å². The van der Waals surface area contributed by atoms with Gasteiger partial charge in [-0.05, 0) is 50.1 Å². The van der Waals surface area contributed by atoms with Gasteiger partial charge in [-0.25, -0.2) is 4.68 Å². The highest BCUT2D eigenvalue weighted by atomic mass is 35.5. The lowest BCUT2D eigenvalue weighted by atomic mass is 10.1. The summed E-state index contributed by atoms with van der Waals surface area (Å²) < 4.78 is 1.76. The second kappa shape index (κ2) is 7.78. The van der Waals surface area contributed by atoms with E-state index in [1.54, 1.807) is 4.68 Å². The van der Waals surface area contributed by atoms with Crippen molar-refractivity contribution in [2.45, 2.75) is 19.4 Å². The fraction of sp³-hybridized carbons (Fsp3) is 0.273. The Labute approximate surface area is 169 Å². The average Bonchev–Trinajstić information content (AvgIpc) is 3.33. The summed E-state index contributed by atoms with van der Waals surface area (Å²) in [6, 6.07) is 17.4. The first-order chi connectivity index (χ1) is 13.6. The molecule has 4 rings (SSSR count). The van der Waals surface area contributed by atoms with Crippen molar-refractivity contribution in [1.29, 1.82) is 0 Å². The first-order valence-corrected chi connectivity index (χ1v) is 9.86. The van der Waals surface area contributed by atoms with E-state index in [2.05, 4.69) is 6.92 Å². The van der Waals surface area contributed by atoms with Gasteiger partial charge in [0.15, 0.2) is 0 Å². The van der Waals surface area contributed by atoms with Gasteiger partial charge in [-0.2, -0.15) is 5.10 Å². The van der Waals surface area contributed by atoms with E-state index in [9.17, 15) is 4.79 Å². The molecule has 28 heavy (non-hydrogen) atoms. The number of carbonyl (C=O) groups excluding carboxylic acids is 1. The number of amides is 1. The van der Waals surface area contributed by atoms with Crippen LogP contribution in [0.1, 0.15) is 23.7 Å². The van der Waals surface area contributed by atoms with Crippen LogP contribution in [0, 0.1) is 5.92 Å². The van der Waals surface area contributed by atoms with Crippen LogP contribution in [-0.2, 0) is 0 Å². The van der Waals surface area contributed by atoms with Crippen LogP contribution in [-0.4, -0.2) is 39.7 Å². The molecule has 2 aromatic carbocycles. The van der Waals surface area contributed by atoms with Gasteiger partial charge in [0.2, 0.25) is 0 Å². The monoisotopic (exact) mass is 394 g/mol. The number of para-hydroxylation sites is 1. The van der Waals surface area contributed by atoms with E-state index in [-0.39, 0.29) is 11.9 Å². The SMILES string of the molecule is CC1CC(CN)CN1C(=O)c1cn(-c2ccccc2)nc1-c1ccc(Cl)cc1. The Balaban J connectivity index is 1.77. The number of halogens is 1. The van der Waals surface area contributed by atoms with E-state index >= 15 is 0 Å². The molecule has 0 spiro atoms. The number of hydrogen-bond donors (Lipinski definition) is 1. The van der Waals surface area contributed by atoms with Gasteiger partial charge < -0.3 is 10.6 Å². The van der Waals surface area contributed by atoms with Gasteiger partial charge in [0.05, 0.1) is 11.3 Å². The third-order valence-electron chi connectivity index (χ3n) is 5.34. The summed E-state index contributed by atoms with van der Waals surface area (Å²) in [7, 11) is 0. The normalized spacial score (nSPS) is 19.2. The molecule has 5 nitrogen and oxygen atoms in total. The maximum Gasteiger partial charge on any atom is 0.257 e. The molecular weight excluding hydrogens is 372 g/mol. The molecule has 0 radical (unpaired) electrons. The molecule has 1 saturated heterocycles. The van der Waals surface area contributed by atoms with Gasteiger partial charge in [-0.1, -0.05) is 41.9 Å². The summed E-state index contributed by atoms with van der Waals surface area (Å²) in [4.78, 5) is 15.4. The van der Waals surface area contributed by atoms with Crippen LogP contribution in [0.3, 0.4) is 0 Å². The molecule has 0 bridgehead atoms. The maximum absolute atomic E-state index is 13.4. The molecule has 1 aliphatic rings. The van der Waals surface area contributed by atoms with Crippen LogP contribution in [0.5, 0.6) is 0 Å². The molecule has 2 atom stereocenters. The standard InChI is InChI=1S/C22H23ClN4O/c1-15-11-16(12-24)13-26(15)22(28)20-14-27(19-5-3-2-4-6-19)25-21(20)17-7-9-18(23)10-8-17/h2-10,14-16H,11-13,24H2,1H3. The number of aromatic nitrogens is 2. The van der Waals surface area contributed by atoms with Crippen molar-refractivity contribution in [2.24, 2.45) is 11.7 Å². The predicted octanol–water partition coefficient (Wildman–Crippen LogP) is 4.00. The quantitative estimate of drug-likeness (QED) is 0.727. The molecule has 2 unspecified atom stereocenters. The number of nitrogens with zero attached hydrogens (tertiary/aromatic N) is 3. The zero-order valence-electron chi connectivity index (χ0n) is 15.8. The van der Waals surface area contributed by atoms with E-state index in [0.29, 0.717) is 35.3 Å². The van der Waals surface area contributed by atoms with Gasteiger partial charge in [-0.15, -0.1) is 0 Å². The molecule has 2 N–H and O–H groups in total. The predicted molar refractivity (Wildman–Crippen MR) is 112 cm³/mol. The Morgan fingerprint density at radius 3 is 2.54 bits per heavy atom. The van der Waals surface area contributed by atoms with Crippen molar-refractivity contribution in [1.82, 2.24) is 14.7 Å². The molecule has 0 aliphatic carbocycles. The lowest BCUT2D eigenvalue weighted by molar-refractivity contribution is 0.0744. The van der Waals surface area contributed by atoms with E-state index in [0.717, 1.165) is 17.7 Å². The summed E-state index contributed by atoms with van der Waals surface area (Å²) >= 11 is 6.04. The molecule has 144 valence electrons. The Kier molecular flexibility index (Phi) is 5.20. The zero-order chi connectivity index (χ0) is 19.7. The summed E-state index contributed by atoms with van der Waals surface area (Å²) in [6.07, 6.45) is 2.76. The second-order valence-corrected chi connectivity index (χ2v) is 7.76. The van der Waals surface area contributed by atoms with Crippen molar-refractivity contribution < 1.29 is 4.79 Å². The number of likely N-dealkylation sites (tertiary alicyclic amines) is 1. The first-order valence-electron chi connectivity index (χ1n) is 9.49. The average molecular weight is 395 g/mol. The van der Waals surface area contributed by atoms with Crippen LogP contribution in [0.4, 0.5) is 0 Å². The lowest BCUT2D eigenvalue weighted by Gasteiger charge is -2.21. The van der Waals surface area contributed by atoms with Crippen molar-refractivity contribution in [3.05, 3.63) is 71.4 Å². The molecule has 1 fully saturated rings. The Morgan fingerprint density at radius 2 is 1.89 bits per heavy atom. The van der Waals surface area contributed by atoms with Crippen LogP contribution in [0.25, 0.3) is 16.9 Å². The third kappa shape index (κ3) is 3.55. The number of benzene rings is 2. The molecule has 0 saturated carbocycles. The molecular formula is C22H23ClN4O. The van der Waals surface area contributed by atoms with Gasteiger partial charge in [-0.3, -0.25) is 4.79 Å². The number of hydrogen-bond acceptors (Lipinski definition) is 3. The van der Waals surface area contributed by atoms with Crippen molar-refractivity contribution >= 4 is 17.5 Å². The van der Waals surface area contributed by atoms with Gasteiger partial charge in [0.1, 0.15) is 5.69 Å². The fourth-order valence-corrected chi connectivity index (χ4v) is 3.94. The van der Waals surface area contributed by atoms with Gasteiger partial charge in [0.25, 0.3) is 5.91 Å². The minimum Gasteiger partial charge on any atom is -0.335 e. The summed E-state index contributed by atoms with van der Waals surface area (Å²) in [5.74, 6) is 0.345. The van der Waals surface area contributed by atoms with Crippen LogP contribution >= 0.6 is 11.6 Å². The number of carbonyl (C=O) groups is 1. The van der Waals surface area contributed by atoms with Crippen LogP contribution in [0.15, 0.2) is 60.8 Å². The van der Waals surface area contributed by atoms with E-state index in [1.165, 1.54) is 0 Å². The molecule has 3 aromatic rings. The van der Waals surface area contributed by atoms with E-state index in [1.807, 2.05) is 65.7 Å². The molecule has 1 aromatic heterocycles. The highest BCUT2D eigenvalue weighted by Crippen LogP contribution is 2.30. The summed E-state index contributed by atoms with van der Waals surface area (Å²) in [5, 5.41) is 5.39. The topological polar surface area (TPSA) is 64.2 Å². The highest BCUT2D eigenvalue weighted by Gasteiger charge is 2.34. The molecule has 2 heterocycles. The van der Waals surface area contributed by atoms with E-state index < -0.39 is 0 Å². The number of nitrogens with two attached hydrogens (primary N) is 1. The van der Waals surface area contributed by atoms with E-state index in [4.69, 9.17) is 22.4 Å².